The Hall–Kier alpha value is -1.61. The lowest BCUT2D eigenvalue weighted by molar-refractivity contribution is 0.0713. The number of carbonyl (C=O) groups excluding carboxylic acids is 1. The Bertz CT molecular complexity index is 552. The van der Waals surface area contributed by atoms with Crippen LogP contribution in [-0.4, -0.2) is 22.7 Å². The quantitative estimate of drug-likeness (QED) is 0.779. The maximum atomic E-state index is 12.3. The topological polar surface area (TPSA) is 49.3 Å². The molecule has 126 valence electrons. The van der Waals surface area contributed by atoms with Gasteiger partial charge in [0.1, 0.15) is 0 Å². The summed E-state index contributed by atoms with van der Waals surface area (Å²) in [4.78, 5) is 12.3. The van der Waals surface area contributed by atoms with E-state index in [0.717, 1.165) is 24.8 Å². The first-order valence-electron chi connectivity index (χ1n) is 8.66. The van der Waals surface area contributed by atoms with Crippen molar-refractivity contribution in [3.63, 3.8) is 0 Å². The van der Waals surface area contributed by atoms with E-state index in [4.69, 9.17) is 0 Å². The molecule has 0 aromatic heterocycles. The molecular formula is C20H29NO2. The predicted octanol–water partition coefficient (Wildman–Crippen LogP) is 4.01. The zero-order valence-corrected chi connectivity index (χ0v) is 14.6. The molecular weight excluding hydrogens is 286 g/mol. The lowest BCUT2D eigenvalue weighted by Gasteiger charge is -2.21. The number of aliphatic hydroxyl groups is 1. The number of amides is 1. The highest BCUT2D eigenvalue weighted by Gasteiger charge is 2.16. The van der Waals surface area contributed by atoms with Gasteiger partial charge in [-0.3, -0.25) is 4.79 Å². The van der Waals surface area contributed by atoms with Crippen molar-refractivity contribution in [3.8, 4) is 0 Å². The summed E-state index contributed by atoms with van der Waals surface area (Å²) in [6, 6.07) is 7.81. The van der Waals surface area contributed by atoms with Gasteiger partial charge in [-0.25, -0.2) is 0 Å². The number of rotatable bonds is 6. The summed E-state index contributed by atoms with van der Waals surface area (Å²) in [5.41, 5.74) is 2.54. The normalized spacial score (nSPS) is 16.6. The van der Waals surface area contributed by atoms with Gasteiger partial charge in [0.05, 0.1) is 5.60 Å². The van der Waals surface area contributed by atoms with Gasteiger partial charge < -0.3 is 10.4 Å². The summed E-state index contributed by atoms with van der Waals surface area (Å²) in [6.45, 7) is 5.69. The minimum absolute atomic E-state index is 0.0157. The van der Waals surface area contributed by atoms with Crippen LogP contribution in [0.15, 0.2) is 35.9 Å². The molecule has 23 heavy (non-hydrogen) atoms. The number of benzene rings is 1. The van der Waals surface area contributed by atoms with E-state index >= 15 is 0 Å². The molecule has 0 saturated heterocycles. The third-order valence-corrected chi connectivity index (χ3v) is 4.47. The Balaban J connectivity index is 1.90. The number of aryl methyl sites for hydroxylation is 1. The molecule has 2 rings (SSSR count). The third kappa shape index (κ3) is 5.83. The SMILES string of the molecule is CC(NC(=O)c1ccc(CCC(C)(C)O)cc1)C1=CCCCC1. The van der Waals surface area contributed by atoms with E-state index in [9.17, 15) is 9.90 Å². The van der Waals surface area contributed by atoms with Gasteiger partial charge in [-0.2, -0.15) is 0 Å². The largest absolute Gasteiger partial charge is 0.390 e. The molecule has 0 fully saturated rings. The molecule has 1 aliphatic rings. The van der Waals surface area contributed by atoms with Crippen molar-refractivity contribution >= 4 is 5.91 Å². The molecule has 2 N–H and O–H groups in total. The highest BCUT2D eigenvalue weighted by molar-refractivity contribution is 5.94. The van der Waals surface area contributed by atoms with Gasteiger partial charge in [0.15, 0.2) is 0 Å². The van der Waals surface area contributed by atoms with Gasteiger partial charge in [0.25, 0.3) is 5.91 Å². The first-order chi connectivity index (χ1) is 10.8. The van der Waals surface area contributed by atoms with Crippen LogP contribution >= 0.6 is 0 Å². The summed E-state index contributed by atoms with van der Waals surface area (Å²) < 4.78 is 0. The Morgan fingerprint density at radius 2 is 1.96 bits per heavy atom. The molecule has 0 spiro atoms. The predicted molar refractivity (Wildman–Crippen MR) is 94.5 cm³/mol. The smallest absolute Gasteiger partial charge is 0.251 e. The van der Waals surface area contributed by atoms with Crippen molar-refractivity contribution in [1.29, 1.82) is 0 Å². The van der Waals surface area contributed by atoms with E-state index in [-0.39, 0.29) is 11.9 Å². The molecule has 1 atom stereocenters. The van der Waals surface area contributed by atoms with Crippen LogP contribution < -0.4 is 5.32 Å². The van der Waals surface area contributed by atoms with Crippen molar-refractivity contribution in [2.75, 3.05) is 0 Å². The van der Waals surface area contributed by atoms with Gasteiger partial charge >= 0.3 is 0 Å². The molecule has 1 aromatic rings. The number of hydrogen-bond acceptors (Lipinski definition) is 2. The summed E-state index contributed by atoms with van der Waals surface area (Å²) in [5.74, 6) is -0.0157. The zero-order valence-electron chi connectivity index (χ0n) is 14.6. The molecule has 0 saturated carbocycles. The van der Waals surface area contributed by atoms with Gasteiger partial charge in [-0.15, -0.1) is 0 Å². The highest BCUT2D eigenvalue weighted by Crippen LogP contribution is 2.20. The number of carbonyl (C=O) groups is 1. The minimum atomic E-state index is -0.654. The number of nitrogens with one attached hydrogen (secondary N) is 1. The lowest BCUT2D eigenvalue weighted by atomic mass is 9.94. The highest BCUT2D eigenvalue weighted by atomic mass is 16.3. The Labute approximate surface area is 139 Å². The lowest BCUT2D eigenvalue weighted by Crippen LogP contribution is -2.34. The molecule has 3 heteroatoms. The van der Waals surface area contributed by atoms with Crippen molar-refractivity contribution in [3.05, 3.63) is 47.0 Å². The summed E-state index contributed by atoms with van der Waals surface area (Å²) in [7, 11) is 0. The second-order valence-corrected chi connectivity index (χ2v) is 7.23. The summed E-state index contributed by atoms with van der Waals surface area (Å²) in [6.07, 6.45) is 8.51. The monoisotopic (exact) mass is 315 g/mol. The van der Waals surface area contributed by atoms with Crippen molar-refractivity contribution < 1.29 is 9.90 Å². The van der Waals surface area contributed by atoms with Crippen LogP contribution in [0.25, 0.3) is 0 Å². The van der Waals surface area contributed by atoms with E-state index < -0.39 is 5.60 Å². The van der Waals surface area contributed by atoms with E-state index in [1.165, 1.54) is 18.4 Å². The van der Waals surface area contributed by atoms with Crippen LogP contribution in [0.2, 0.25) is 0 Å². The first-order valence-corrected chi connectivity index (χ1v) is 8.66. The maximum absolute atomic E-state index is 12.3. The molecule has 0 bridgehead atoms. The van der Waals surface area contributed by atoms with Gasteiger partial charge in [-0.05, 0) is 77.0 Å². The summed E-state index contributed by atoms with van der Waals surface area (Å²) >= 11 is 0. The molecule has 1 aliphatic carbocycles. The molecule has 1 amide bonds. The van der Waals surface area contributed by atoms with E-state index in [2.05, 4.69) is 18.3 Å². The Morgan fingerprint density at radius 1 is 1.26 bits per heavy atom. The van der Waals surface area contributed by atoms with Crippen molar-refractivity contribution in [2.24, 2.45) is 0 Å². The fourth-order valence-corrected chi connectivity index (χ4v) is 2.90. The van der Waals surface area contributed by atoms with E-state index in [1.807, 2.05) is 38.1 Å². The second-order valence-electron chi connectivity index (χ2n) is 7.23. The average Bonchev–Trinajstić information content (AvgIpc) is 2.53. The van der Waals surface area contributed by atoms with Crippen LogP contribution in [0, 0.1) is 0 Å². The third-order valence-electron chi connectivity index (χ3n) is 4.47. The minimum Gasteiger partial charge on any atom is -0.390 e. The molecule has 1 unspecified atom stereocenters. The van der Waals surface area contributed by atoms with Crippen LogP contribution in [0.3, 0.4) is 0 Å². The van der Waals surface area contributed by atoms with Crippen LogP contribution in [-0.2, 0) is 6.42 Å². The van der Waals surface area contributed by atoms with Crippen molar-refractivity contribution in [1.82, 2.24) is 5.32 Å². The van der Waals surface area contributed by atoms with E-state index in [0.29, 0.717) is 12.0 Å². The van der Waals surface area contributed by atoms with Crippen LogP contribution in [0.5, 0.6) is 0 Å². The van der Waals surface area contributed by atoms with Crippen LogP contribution in [0.1, 0.15) is 68.8 Å². The standard InChI is InChI=1S/C20H29NO2/c1-15(17-7-5-4-6-8-17)21-19(22)18-11-9-16(10-12-18)13-14-20(2,3)23/h7,9-12,15,23H,4-6,8,13-14H2,1-3H3,(H,21,22). The average molecular weight is 315 g/mol. The number of allylic oxidation sites excluding steroid dienone is 1. The second kappa shape index (κ2) is 7.78. The summed E-state index contributed by atoms with van der Waals surface area (Å²) in [5, 5.41) is 12.9. The zero-order chi connectivity index (χ0) is 16.9. The molecule has 0 aliphatic heterocycles. The molecule has 3 nitrogen and oxygen atoms in total. The Morgan fingerprint density at radius 3 is 2.52 bits per heavy atom. The van der Waals surface area contributed by atoms with E-state index in [1.54, 1.807) is 0 Å². The molecule has 0 radical (unpaired) electrons. The maximum Gasteiger partial charge on any atom is 0.251 e. The van der Waals surface area contributed by atoms with Gasteiger partial charge in [0, 0.05) is 11.6 Å². The van der Waals surface area contributed by atoms with Gasteiger partial charge in [-0.1, -0.05) is 23.8 Å². The fourth-order valence-electron chi connectivity index (χ4n) is 2.90. The number of hydrogen-bond donors (Lipinski definition) is 2. The molecule has 0 heterocycles. The first kappa shape index (κ1) is 17.7. The molecule has 1 aromatic carbocycles. The fraction of sp³-hybridized carbons (Fsp3) is 0.550. The van der Waals surface area contributed by atoms with Crippen molar-refractivity contribution in [2.45, 2.75) is 70.9 Å². The van der Waals surface area contributed by atoms with Gasteiger partial charge in [0.2, 0.25) is 0 Å². The Kier molecular flexibility index (Phi) is 6.00. The van der Waals surface area contributed by atoms with Crippen LogP contribution in [0.4, 0.5) is 0 Å².